The molecule has 2 unspecified atom stereocenters. The maximum absolute atomic E-state index is 12.7. The number of halogens is 1. The Labute approximate surface area is 142 Å². The first-order valence-electron chi connectivity index (χ1n) is 8.32. The van der Waals surface area contributed by atoms with Crippen molar-refractivity contribution in [3.63, 3.8) is 0 Å². The molecule has 4 nitrogen and oxygen atoms in total. The van der Waals surface area contributed by atoms with Crippen LogP contribution in [0, 0.1) is 12.3 Å². The van der Waals surface area contributed by atoms with E-state index in [1.807, 2.05) is 30.9 Å². The molecule has 0 aromatic heterocycles. The molecular formula is C18H24ClNO3. The Balaban J connectivity index is 1.68. The summed E-state index contributed by atoms with van der Waals surface area (Å²) in [6.07, 6.45) is 2.14. The fraction of sp³-hybridized carbons (Fsp3) is 0.611. The number of aliphatic hydroxyl groups excluding tert-OH is 1. The summed E-state index contributed by atoms with van der Waals surface area (Å²) in [6, 6.07) is 5.45. The highest BCUT2D eigenvalue weighted by Crippen LogP contribution is 2.51. The first kappa shape index (κ1) is 16.7. The van der Waals surface area contributed by atoms with Gasteiger partial charge in [0, 0.05) is 42.1 Å². The summed E-state index contributed by atoms with van der Waals surface area (Å²) in [5.41, 5.74) is 1.47. The second-order valence-corrected chi connectivity index (χ2v) is 7.17. The van der Waals surface area contributed by atoms with E-state index in [1.165, 1.54) is 0 Å². The van der Waals surface area contributed by atoms with Crippen LogP contribution in [0.1, 0.15) is 42.1 Å². The maximum atomic E-state index is 12.7. The molecule has 1 amide bonds. The average Bonchev–Trinajstić information content (AvgIpc) is 2.53. The van der Waals surface area contributed by atoms with E-state index < -0.39 is 0 Å². The second kappa shape index (κ2) is 6.42. The minimum Gasteiger partial charge on any atom is -0.392 e. The number of rotatable bonds is 3. The van der Waals surface area contributed by atoms with Crippen LogP contribution < -0.4 is 0 Å². The van der Waals surface area contributed by atoms with Crippen molar-refractivity contribution in [2.45, 2.75) is 45.3 Å². The minimum absolute atomic E-state index is 0.0206. The van der Waals surface area contributed by atoms with Gasteiger partial charge in [-0.05, 0) is 50.5 Å². The zero-order chi connectivity index (χ0) is 16.6. The number of ether oxygens (including phenoxy) is 1. The maximum Gasteiger partial charge on any atom is 0.253 e. The Morgan fingerprint density at radius 1 is 1.39 bits per heavy atom. The van der Waals surface area contributed by atoms with Crippen molar-refractivity contribution < 1.29 is 14.6 Å². The van der Waals surface area contributed by atoms with Crippen molar-refractivity contribution in [1.82, 2.24) is 4.90 Å². The average molecular weight is 338 g/mol. The molecule has 1 heterocycles. The van der Waals surface area contributed by atoms with E-state index in [2.05, 4.69) is 0 Å². The summed E-state index contributed by atoms with van der Waals surface area (Å²) in [5.74, 6) is 0.0206. The van der Waals surface area contributed by atoms with Crippen LogP contribution in [0.3, 0.4) is 0 Å². The molecule has 3 rings (SSSR count). The Morgan fingerprint density at radius 3 is 2.65 bits per heavy atom. The lowest BCUT2D eigenvalue weighted by Gasteiger charge is -2.56. The standard InChI is InChI=1S/C18H24ClNO3/c1-3-23-16-11-15(21)18(16)4-6-20(7-5-18)17(22)13-8-12(2)9-14(19)10-13/h8-10,15-16,21H,3-7,11H2,1-2H3. The molecule has 126 valence electrons. The third-order valence-electron chi connectivity index (χ3n) is 5.38. The van der Waals surface area contributed by atoms with Gasteiger partial charge in [-0.25, -0.2) is 0 Å². The first-order chi connectivity index (χ1) is 11.0. The van der Waals surface area contributed by atoms with Crippen LogP contribution in [0.5, 0.6) is 0 Å². The van der Waals surface area contributed by atoms with Crippen molar-refractivity contribution in [1.29, 1.82) is 0 Å². The van der Waals surface area contributed by atoms with E-state index in [4.69, 9.17) is 16.3 Å². The summed E-state index contributed by atoms with van der Waals surface area (Å²) < 4.78 is 5.77. The molecule has 23 heavy (non-hydrogen) atoms. The number of hydrogen-bond acceptors (Lipinski definition) is 3. The Hall–Kier alpha value is -1.10. The first-order valence-corrected chi connectivity index (χ1v) is 8.70. The Morgan fingerprint density at radius 2 is 2.09 bits per heavy atom. The van der Waals surface area contributed by atoms with E-state index in [9.17, 15) is 9.90 Å². The highest BCUT2D eigenvalue weighted by atomic mass is 35.5. The van der Waals surface area contributed by atoms with Gasteiger partial charge in [-0.3, -0.25) is 4.79 Å². The van der Waals surface area contributed by atoms with Crippen molar-refractivity contribution in [3.05, 3.63) is 34.3 Å². The van der Waals surface area contributed by atoms with E-state index in [0.29, 0.717) is 30.3 Å². The van der Waals surface area contributed by atoms with Gasteiger partial charge in [-0.2, -0.15) is 0 Å². The normalized spacial score (nSPS) is 26.2. The SMILES string of the molecule is CCOC1CC(O)C12CCN(C(=O)c1cc(C)cc(Cl)c1)CC2. The molecule has 5 heteroatoms. The summed E-state index contributed by atoms with van der Waals surface area (Å²) in [5, 5.41) is 10.8. The zero-order valence-electron chi connectivity index (χ0n) is 13.7. The Kier molecular flexibility index (Phi) is 4.68. The fourth-order valence-corrected chi connectivity index (χ4v) is 4.27. The van der Waals surface area contributed by atoms with Gasteiger partial charge in [0.2, 0.25) is 0 Å². The number of hydrogen-bond donors (Lipinski definition) is 1. The highest BCUT2D eigenvalue weighted by molar-refractivity contribution is 6.31. The quantitative estimate of drug-likeness (QED) is 0.922. The van der Waals surface area contributed by atoms with E-state index in [0.717, 1.165) is 24.8 Å². The summed E-state index contributed by atoms with van der Waals surface area (Å²) >= 11 is 6.06. The molecule has 2 fully saturated rings. The number of likely N-dealkylation sites (tertiary alicyclic amines) is 1. The van der Waals surface area contributed by atoms with Crippen LogP contribution >= 0.6 is 11.6 Å². The van der Waals surface area contributed by atoms with Gasteiger partial charge in [0.15, 0.2) is 0 Å². The number of aliphatic hydroxyl groups is 1. The Bertz CT molecular complexity index is 574. The lowest BCUT2D eigenvalue weighted by atomic mass is 9.58. The van der Waals surface area contributed by atoms with Gasteiger partial charge in [0.1, 0.15) is 0 Å². The number of carbonyl (C=O) groups excluding carboxylic acids is 1. The zero-order valence-corrected chi connectivity index (χ0v) is 14.5. The topological polar surface area (TPSA) is 49.8 Å². The van der Waals surface area contributed by atoms with Crippen LogP contribution in [-0.4, -0.2) is 47.8 Å². The number of carbonyl (C=O) groups is 1. The number of piperidine rings is 1. The molecule has 1 aromatic rings. The monoisotopic (exact) mass is 337 g/mol. The molecule has 1 aliphatic heterocycles. The molecule has 1 spiro atoms. The van der Waals surface area contributed by atoms with Crippen LogP contribution in [0.15, 0.2) is 18.2 Å². The largest absolute Gasteiger partial charge is 0.392 e. The molecule has 1 saturated carbocycles. The van der Waals surface area contributed by atoms with Crippen LogP contribution in [-0.2, 0) is 4.74 Å². The molecule has 2 aliphatic rings. The van der Waals surface area contributed by atoms with Crippen molar-refractivity contribution in [3.8, 4) is 0 Å². The van der Waals surface area contributed by atoms with Gasteiger partial charge < -0.3 is 14.7 Å². The van der Waals surface area contributed by atoms with E-state index >= 15 is 0 Å². The van der Waals surface area contributed by atoms with Crippen molar-refractivity contribution in [2.75, 3.05) is 19.7 Å². The smallest absolute Gasteiger partial charge is 0.253 e. The third-order valence-corrected chi connectivity index (χ3v) is 5.60. The van der Waals surface area contributed by atoms with Gasteiger partial charge in [-0.15, -0.1) is 0 Å². The van der Waals surface area contributed by atoms with Crippen molar-refractivity contribution in [2.24, 2.45) is 5.41 Å². The molecule has 1 N–H and O–H groups in total. The molecular weight excluding hydrogens is 314 g/mol. The molecule has 1 saturated heterocycles. The summed E-state index contributed by atoms with van der Waals surface area (Å²) in [6.45, 7) is 5.91. The predicted octanol–water partition coefficient (Wildman–Crippen LogP) is 3.04. The van der Waals surface area contributed by atoms with Crippen LogP contribution in [0.2, 0.25) is 5.02 Å². The lowest BCUT2D eigenvalue weighted by Crippen LogP contribution is -2.62. The number of aryl methyl sites for hydroxylation is 1. The van der Waals surface area contributed by atoms with E-state index in [-0.39, 0.29) is 23.5 Å². The number of benzene rings is 1. The molecule has 2 atom stereocenters. The molecule has 0 radical (unpaired) electrons. The predicted molar refractivity (Wildman–Crippen MR) is 89.8 cm³/mol. The van der Waals surface area contributed by atoms with Gasteiger partial charge in [0.25, 0.3) is 5.91 Å². The highest BCUT2D eigenvalue weighted by Gasteiger charge is 2.56. The summed E-state index contributed by atoms with van der Waals surface area (Å²) in [4.78, 5) is 14.5. The van der Waals surface area contributed by atoms with Crippen LogP contribution in [0.4, 0.5) is 0 Å². The van der Waals surface area contributed by atoms with Crippen LogP contribution in [0.25, 0.3) is 0 Å². The lowest BCUT2D eigenvalue weighted by molar-refractivity contribution is -0.207. The van der Waals surface area contributed by atoms with Gasteiger partial charge >= 0.3 is 0 Å². The van der Waals surface area contributed by atoms with Gasteiger partial charge in [0.05, 0.1) is 12.2 Å². The fourth-order valence-electron chi connectivity index (χ4n) is 3.99. The number of amides is 1. The third kappa shape index (κ3) is 3.00. The molecule has 0 bridgehead atoms. The second-order valence-electron chi connectivity index (χ2n) is 6.74. The van der Waals surface area contributed by atoms with Crippen molar-refractivity contribution >= 4 is 17.5 Å². The summed E-state index contributed by atoms with van der Waals surface area (Å²) in [7, 11) is 0. The van der Waals surface area contributed by atoms with Gasteiger partial charge in [-0.1, -0.05) is 11.6 Å². The molecule has 1 aliphatic carbocycles. The minimum atomic E-state index is -0.301. The molecule has 1 aromatic carbocycles. The number of nitrogens with zero attached hydrogens (tertiary/aromatic N) is 1. The van der Waals surface area contributed by atoms with E-state index in [1.54, 1.807) is 6.07 Å².